The van der Waals surface area contributed by atoms with Crippen molar-refractivity contribution >= 4 is 40.6 Å². The van der Waals surface area contributed by atoms with Gasteiger partial charge >= 0.3 is 0 Å². The Kier molecular flexibility index (Phi) is 6.45. The standard InChI is InChI=1S/C18H19ClN2O3S/c1-11-7-12(2)18(16(19)8-11)20-17(22)10-25-13(3)14-5-4-6-15(9-14)21(23)24/h4-9,13H,10H2,1-3H3,(H,20,22)/t13-/m0/s1. The van der Waals surface area contributed by atoms with E-state index < -0.39 is 4.92 Å². The highest BCUT2D eigenvalue weighted by molar-refractivity contribution is 8.00. The van der Waals surface area contributed by atoms with E-state index in [0.29, 0.717) is 10.7 Å². The summed E-state index contributed by atoms with van der Waals surface area (Å²) in [5.74, 6) is 0.0733. The van der Waals surface area contributed by atoms with E-state index in [-0.39, 0.29) is 22.6 Å². The van der Waals surface area contributed by atoms with Crippen LogP contribution in [0, 0.1) is 24.0 Å². The normalized spacial score (nSPS) is 11.8. The van der Waals surface area contributed by atoms with E-state index in [2.05, 4.69) is 5.32 Å². The molecule has 0 aliphatic heterocycles. The Balaban J connectivity index is 1.98. The van der Waals surface area contributed by atoms with Gasteiger partial charge < -0.3 is 5.32 Å². The minimum atomic E-state index is -0.421. The molecule has 0 spiro atoms. The highest BCUT2D eigenvalue weighted by atomic mass is 35.5. The zero-order valence-corrected chi connectivity index (χ0v) is 15.8. The fraction of sp³-hybridized carbons (Fsp3) is 0.278. The first kappa shape index (κ1) is 19.3. The number of hydrogen-bond acceptors (Lipinski definition) is 4. The molecule has 7 heteroatoms. The molecule has 0 heterocycles. The van der Waals surface area contributed by atoms with E-state index in [1.807, 2.05) is 39.0 Å². The Bertz CT molecular complexity index is 788. The van der Waals surface area contributed by atoms with Gasteiger partial charge in [-0.15, -0.1) is 11.8 Å². The average molecular weight is 379 g/mol. The molecule has 0 aromatic heterocycles. The Morgan fingerprint density at radius 2 is 2.04 bits per heavy atom. The van der Waals surface area contributed by atoms with E-state index >= 15 is 0 Å². The van der Waals surface area contributed by atoms with Gasteiger partial charge in [-0.2, -0.15) is 0 Å². The van der Waals surface area contributed by atoms with Crippen molar-refractivity contribution in [2.24, 2.45) is 0 Å². The molecule has 2 rings (SSSR count). The molecule has 0 saturated heterocycles. The fourth-order valence-electron chi connectivity index (χ4n) is 2.44. The number of nitrogens with zero attached hydrogens (tertiary/aromatic N) is 1. The summed E-state index contributed by atoms with van der Waals surface area (Å²) in [5.41, 5.74) is 3.44. The van der Waals surface area contributed by atoms with Crippen molar-refractivity contribution in [1.82, 2.24) is 0 Å². The highest BCUT2D eigenvalue weighted by Gasteiger charge is 2.14. The second-order valence-corrected chi connectivity index (χ2v) is 7.53. The summed E-state index contributed by atoms with van der Waals surface area (Å²) in [4.78, 5) is 22.6. The maximum Gasteiger partial charge on any atom is 0.269 e. The predicted octanol–water partition coefficient (Wildman–Crippen LogP) is 5.30. The number of amides is 1. The molecule has 25 heavy (non-hydrogen) atoms. The van der Waals surface area contributed by atoms with Crippen LogP contribution >= 0.6 is 23.4 Å². The lowest BCUT2D eigenvalue weighted by molar-refractivity contribution is -0.384. The minimum Gasteiger partial charge on any atom is -0.324 e. The predicted molar refractivity (Wildman–Crippen MR) is 104 cm³/mol. The van der Waals surface area contributed by atoms with Crippen molar-refractivity contribution in [2.75, 3.05) is 11.1 Å². The lowest BCUT2D eigenvalue weighted by Gasteiger charge is -2.14. The van der Waals surface area contributed by atoms with Crippen LogP contribution in [-0.4, -0.2) is 16.6 Å². The van der Waals surface area contributed by atoms with Crippen molar-refractivity contribution in [1.29, 1.82) is 0 Å². The number of nitrogens with one attached hydrogen (secondary N) is 1. The number of thioether (sulfide) groups is 1. The van der Waals surface area contributed by atoms with Gasteiger partial charge in [0.25, 0.3) is 5.69 Å². The smallest absolute Gasteiger partial charge is 0.269 e. The van der Waals surface area contributed by atoms with Crippen molar-refractivity contribution in [2.45, 2.75) is 26.0 Å². The van der Waals surface area contributed by atoms with E-state index in [0.717, 1.165) is 16.7 Å². The van der Waals surface area contributed by atoms with Crippen LogP contribution in [0.2, 0.25) is 5.02 Å². The first-order valence-corrected chi connectivity index (χ1v) is 9.13. The number of nitro groups is 1. The number of nitro benzene ring substituents is 1. The molecule has 0 saturated carbocycles. The summed E-state index contributed by atoms with van der Waals surface area (Å²) in [6.07, 6.45) is 0. The Hall–Kier alpha value is -2.05. The molecule has 0 aliphatic rings. The molecule has 0 bridgehead atoms. The largest absolute Gasteiger partial charge is 0.324 e. The maximum atomic E-state index is 12.2. The molecule has 0 radical (unpaired) electrons. The zero-order valence-electron chi connectivity index (χ0n) is 14.2. The second-order valence-electron chi connectivity index (χ2n) is 5.79. The third kappa shape index (κ3) is 5.21. The van der Waals surface area contributed by atoms with Gasteiger partial charge in [-0.25, -0.2) is 0 Å². The summed E-state index contributed by atoms with van der Waals surface area (Å²) in [5, 5.41) is 14.2. The summed E-state index contributed by atoms with van der Waals surface area (Å²) in [6.45, 7) is 5.76. The Morgan fingerprint density at radius 3 is 2.68 bits per heavy atom. The fourth-order valence-corrected chi connectivity index (χ4v) is 3.62. The number of rotatable bonds is 6. The van der Waals surface area contributed by atoms with Crippen LogP contribution in [0.5, 0.6) is 0 Å². The van der Waals surface area contributed by atoms with Crippen molar-refractivity contribution in [3.8, 4) is 0 Å². The number of carbonyl (C=O) groups is 1. The molecule has 0 aliphatic carbocycles. The quantitative estimate of drug-likeness (QED) is 0.547. The monoisotopic (exact) mass is 378 g/mol. The summed E-state index contributed by atoms with van der Waals surface area (Å²) in [7, 11) is 0. The third-order valence-corrected chi connectivity index (χ3v) is 5.21. The van der Waals surface area contributed by atoms with Crippen LogP contribution in [0.25, 0.3) is 0 Å². The van der Waals surface area contributed by atoms with Gasteiger partial charge in [-0.1, -0.05) is 29.8 Å². The molecule has 1 N–H and O–H groups in total. The van der Waals surface area contributed by atoms with E-state index in [1.54, 1.807) is 6.07 Å². The van der Waals surface area contributed by atoms with Crippen LogP contribution in [0.3, 0.4) is 0 Å². The molecule has 1 amide bonds. The number of anilines is 1. The van der Waals surface area contributed by atoms with E-state index in [9.17, 15) is 14.9 Å². The van der Waals surface area contributed by atoms with Gasteiger partial charge in [-0.3, -0.25) is 14.9 Å². The van der Waals surface area contributed by atoms with E-state index in [4.69, 9.17) is 11.6 Å². The molecular weight excluding hydrogens is 360 g/mol. The van der Waals surface area contributed by atoms with Gasteiger partial charge in [0.15, 0.2) is 0 Å². The summed E-state index contributed by atoms with van der Waals surface area (Å²) < 4.78 is 0. The topological polar surface area (TPSA) is 72.2 Å². The number of halogens is 1. The van der Waals surface area contributed by atoms with Crippen LogP contribution in [0.1, 0.15) is 28.9 Å². The van der Waals surface area contributed by atoms with Crippen LogP contribution in [0.15, 0.2) is 36.4 Å². The molecular formula is C18H19ClN2O3S. The highest BCUT2D eigenvalue weighted by Crippen LogP contribution is 2.31. The molecule has 2 aromatic rings. The third-order valence-electron chi connectivity index (χ3n) is 3.71. The Morgan fingerprint density at radius 1 is 1.32 bits per heavy atom. The van der Waals surface area contributed by atoms with Gasteiger partial charge in [0.1, 0.15) is 0 Å². The first-order valence-electron chi connectivity index (χ1n) is 7.70. The minimum absolute atomic E-state index is 0.0414. The SMILES string of the molecule is Cc1cc(C)c(NC(=O)CS[C@@H](C)c2cccc([N+](=O)[O-])c2)c(Cl)c1. The number of carbonyl (C=O) groups excluding carboxylic acids is 1. The number of benzene rings is 2. The van der Waals surface area contributed by atoms with Gasteiger partial charge in [0.2, 0.25) is 5.91 Å². The molecule has 1 atom stereocenters. The molecule has 132 valence electrons. The lowest BCUT2D eigenvalue weighted by atomic mass is 10.1. The van der Waals surface area contributed by atoms with Crippen molar-refractivity contribution in [3.63, 3.8) is 0 Å². The molecule has 2 aromatic carbocycles. The second kappa shape index (κ2) is 8.36. The number of hydrogen-bond donors (Lipinski definition) is 1. The number of aryl methyl sites for hydroxylation is 2. The molecule has 5 nitrogen and oxygen atoms in total. The summed E-state index contributed by atoms with van der Waals surface area (Å²) in [6, 6.07) is 10.2. The van der Waals surface area contributed by atoms with Gasteiger partial charge in [-0.05, 0) is 43.5 Å². The first-order chi connectivity index (χ1) is 11.8. The van der Waals surface area contributed by atoms with Crippen LogP contribution < -0.4 is 5.32 Å². The van der Waals surface area contributed by atoms with Gasteiger partial charge in [0, 0.05) is 17.4 Å². The van der Waals surface area contributed by atoms with E-state index in [1.165, 1.54) is 23.9 Å². The van der Waals surface area contributed by atoms with Crippen LogP contribution in [0.4, 0.5) is 11.4 Å². The lowest BCUT2D eigenvalue weighted by Crippen LogP contribution is -2.16. The maximum absolute atomic E-state index is 12.2. The Labute approximate surface area is 155 Å². The summed E-state index contributed by atoms with van der Waals surface area (Å²) >= 11 is 7.61. The zero-order chi connectivity index (χ0) is 18.6. The number of non-ortho nitro benzene ring substituents is 1. The molecule has 0 fully saturated rings. The van der Waals surface area contributed by atoms with Crippen molar-refractivity contribution < 1.29 is 9.72 Å². The average Bonchev–Trinajstić information content (AvgIpc) is 2.56. The van der Waals surface area contributed by atoms with Crippen molar-refractivity contribution in [3.05, 3.63) is 68.2 Å². The van der Waals surface area contributed by atoms with Gasteiger partial charge in [0.05, 0.1) is 21.4 Å². The molecule has 0 unspecified atom stereocenters. The van der Waals surface area contributed by atoms with Crippen LogP contribution in [-0.2, 0) is 4.79 Å².